The Kier molecular flexibility index (Phi) is 6.99. The van der Waals surface area contributed by atoms with Gasteiger partial charge >= 0.3 is 11.9 Å². The summed E-state index contributed by atoms with van der Waals surface area (Å²) in [6, 6.07) is 9.69. The maximum atomic E-state index is 12.9. The summed E-state index contributed by atoms with van der Waals surface area (Å²) in [6.07, 6.45) is 1.91. The molecule has 0 atom stereocenters. The SMILES string of the molecule is Cc1c(C(=O)OCC(C)C)sc2ncn(CC(=O)OCCc3ccccc3)c(=O)c12. The quantitative estimate of drug-likeness (QED) is 0.511. The second-order valence-electron chi connectivity index (χ2n) is 7.36. The molecular weight excluding hydrogens is 404 g/mol. The first-order valence-corrected chi connectivity index (χ1v) is 10.5. The second-order valence-corrected chi connectivity index (χ2v) is 8.36. The van der Waals surface area contributed by atoms with E-state index in [2.05, 4.69) is 4.98 Å². The van der Waals surface area contributed by atoms with E-state index >= 15 is 0 Å². The number of nitrogens with zero attached hydrogens (tertiary/aromatic N) is 2. The van der Waals surface area contributed by atoms with Crippen LogP contribution in [0.4, 0.5) is 0 Å². The monoisotopic (exact) mass is 428 g/mol. The third-order valence-electron chi connectivity index (χ3n) is 4.45. The standard InChI is InChI=1S/C22H24N2O5S/c1-14(2)12-29-22(27)19-15(3)18-20(30-19)23-13-24(21(18)26)11-17(25)28-10-9-16-7-5-4-6-8-16/h4-8,13-14H,9-12H2,1-3H3. The second kappa shape index (κ2) is 9.67. The molecule has 0 aliphatic rings. The van der Waals surface area contributed by atoms with Gasteiger partial charge in [-0.3, -0.25) is 14.2 Å². The van der Waals surface area contributed by atoms with E-state index in [1.165, 1.54) is 10.9 Å². The summed E-state index contributed by atoms with van der Waals surface area (Å²) in [4.78, 5) is 42.4. The van der Waals surface area contributed by atoms with Gasteiger partial charge in [0.1, 0.15) is 16.3 Å². The van der Waals surface area contributed by atoms with Crippen LogP contribution in [-0.2, 0) is 27.2 Å². The average molecular weight is 429 g/mol. The molecule has 30 heavy (non-hydrogen) atoms. The topological polar surface area (TPSA) is 87.5 Å². The molecule has 0 radical (unpaired) electrons. The number of thiophene rings is 1. The third-order valence-corrected chi connectivity index (χ3v) is 5.63. The fraction of sp³-hybridized carbons (Fsp3) is 0.364. The van der Waals surface area contributed by atoms with Crippen LogP contribution in [0.1, 0.15) is 34.6 Å². The molecule has 3 rings (SSSR count). The Morgan fingerprint density at radius 3 is 2.60 bits per heavy atom. The number of aryl methyl sites for hydroxylation is 1. The van der Waals surface area contributed by atoms with E-state index in [0.717, 1.165) is 16.9 Å². The Morgan fingerprint density at radius 2 is 1.90 bits per heavy atom. The van der Waals surface area contributed by atoms with E-state index < -0.39 is 11.9 Å². The van der Waals surface area contributed by atoms with Crippen LogP contribution >= 0.6 is 11.3 Å². The summed E-state index contributed by atoms with van der Waals surface area (Å²) in [5, 5.41) is 0.330. The normalized spacial score (nSPS) is 11.1. The zero-order chi connectivity index (χ0) is 21.7. The molecule has 8 heteroatoms. The minimum Gasteiger partial charge on any atom is -0.464 e. The number of carbonyl (C=O) groups excluding carboxylic acids is 2. The lowest BCUT2D eigenvalue weighted by atomic mass is 10.2. The van der Waals surface area contributed by atoms with E-state index in [-0.39, 0.29) is 24.6 Å². The van der Waals surface area contributed by atoms with Gasteiger partial charge in [-0.2, -0.15) is 0 Å². The number of hydrogen-bond donors (Lipinski definition) is 0. The molecule has 7 nitrogen and oxygen atoms in total. The maximum Gasteiger partial charge on any atom is 0.348 e. The van der Waals surface area contributed by atoms with Gasteiger partial charge in [-0.15, -0.1) is 11.3 Å². The Bertz CT molecular complexity index is 1100. The van der Waals surface area contributed by atoms with Crippen molar-refractivity contribution in [3.8, 4) is 0 Å². The van der Waals surface area contributed by atoms with Gasteiger partial charge in [0.15, 0.2) is 0 Å². The van der Waals surface area contributed by atoms with Crippen LogP contribution in [0.2, 0.25) is 0 Å². The molecule has 0 unspecified atom stereocenters. The van der Waals surface area contributed by atoms with Crippen LogP contribution in [-0.4, -0.2) is 34.7 Å². The minimum atomic E-state index is -0.515. The van der Waals surface area contributed by atoms with Crippen molar-refractivity contribution in [2.24, 2.45) is 5.92 Å². The molecule has 2 heterocycles. The minimum absolute atomic E-state index is 0.215. The van der Waals surface area contributed by atoms with E-state index in [0.29, 0.717) is 33.7 Å². The van der Waals surface area contributed by atoms with Crippen LogP contribution < -0.4 is 5.56 Å². The van der Waals surface area contributed by atoms with Gasteiger partial charge in [0.05, 0.1) is 24.9 Å². The summed E-state index contributed by atoms with van der Waals surface area (Å²) >= 11 is 1.12. The Morgan fingerprint density at radius 1 is 1.17 bits per heavy atom. The summed E-state index contributed by atoms with van der Waals surface area (Å²) in [5.41, 5.74) is 1.21. The molecule has 0 N–H and O–H groups in total. The Balaban J connectivity index is 1.70. The zero-order valence-corrected chi connectivity index (χ0v) is 18.0. The first kappa shape index (κ1) is 21.7. The molecule has 0 spiro atoms. The van der Waals surface area contributed by atoms with Crippen molar-refractivity contribution in [2.45, 2.75) is 33.7 Å². The van der Waals surface area contributed by atoms with Gasteiger partial charge in [-0.25, -0.2) is 9.78 Å². The molecule has 0 amide bonds. The largest absolute Gasteiger partial charge is 0.464 e. The lowest BCUT2D eigenvalue weighted by Gasteiger charge is -2.07. The third kappa shape index (κ3) is 5.13. The van der Waals surface area contributed by atoms with Crippen LogP contribution in [0.3, 0.4) is 0 Å². The predicted molar refractivity (Wildman–Crippen MR) is 115 cm³/mol. The highest BCUT2D eigenvalue weighted by atomic mass is 32.1. The number of hydrogen-bond acceptors (Lipinski definition) is 7. The van der Waals surface area contributed by atoms with Crippen molar-refractivity contribution in [3.05, 3.63) is 63.0 Å². The van der Waals surface area contributed by atoms with Crippen LogP contribution in [0.25, 0.3) is 10.2 Å². The van der Waals surface area contributed by atoms with Gasteiger partial charge in [0, 0.05) is 6.42 Å². The summed E-state index contributed by atoms with van der Waals surface area (Å²) in [5.74, 6) is -0.763. The van der Waals surface area contributed by atoms with Crippen LogP contribution in [0, 0.1) is 12.8 Å². The number of esters is 2. The van der Waals surface area contributed by atoms with Gasteiger partial charge in [0.2, 0.25) is 0 Å². The van der Waals surface area contributed by atoms with Crippen LogP contribution in [0.15, 0.2) is 41.5 Å². The zero-order valence-electron chi connectivity index (χ0n) is 17.2. The lowest BCUT2D eigenvalue weighted by molar-refractivity contribution is -0.144. The number of ether oxygens (including phenoxy) is 2. The molecule has 0 bridgehead atoms. The number of benzene rings is 1. The van der Waals surface area contributed by atoms with Gasteiger partial charge in [-0.1, -0.05) is 44.2 Å². The highest BCUT2D eigenvalue weighted by Crippen LogP contribution is 2.27. The maximum absolute atomic E-state index is 12.9. The fourth-order valence-corrected chi connectivity index (χ4v) is 3.92. The first-order valence-electron chi connectivity index (χ1n) is 9.72. The molecular formula is C22H24N2O5S. The predicted octanol–water partition coefficient (Wildman–Crippen LogP) is 3.37. The molecule has 2 aromatic heterocycles. The molecule has 158 valence electrons. The van der Waals surface area contributed by atoms with Crippen molar-refractivity contribution in [2.75, 3.05) is 13.2 Å². The highest BCUT2D eigenvalue weighted by Gasteiger charge is 2.21. The van der Waals surface area contributed by atoms with E-state index in [9.17, 15) is 14.4 Å². The Hall–Kier alpha value is -3.00. The smallest absolute Gasteiger partial charge is 0.348 e. The average Bonchev–Trinajstić information content (AvgIpc) is 3.06. The fourth-order valence-electron chi connectivity index (χ4n) is 2.89. The van der Waals surface area contributed by atoms with E-state index in [1.54, 1.807) is 6.92 Å². The number of rotatable bonds is 8. The first-order chi connectivity index (χ1) is 14.4. The van der Waals surface area contributed by atoms with Gasteiger partial charge in [-0.05, 0) is 24.0 Å². The van der Waals surface area contributed by atoms with Crippen molar-refractivity contribution in [3.63, 3.8) is 0 Å². The Labute approximate surface area is 178 Å². The summed E-state index contributed by atoms with van der Waals surface area (Å²) in [6.45, 7) is 5.89. The number of fused-ring (bicyclic) bond motifs is 1. The van der Waals surface area contributed by atoms with Crippen molar-refractivity contribution in [1.29, 1.82) is 0 Å². The van der Waals surface area contributed by atoms with E-state index in [1.807, 2.05) is 44.2 Å². The summed E-state index contributed by atoms with van der Waals surface area (Å²) < 4.78 is 11.7. The van der Waals surface area contributed by atoms with E-state index in [4.69, 9.17) is 9.47 Å². The van der Waals surface area contributed by atoms with Gasteiger partial charge < -0.3 is 9.47 Å². The van der Waals surface area contributed by atoms with Crippen molar-refractivity contribution < 1.29 is 19.1 Å². The lowest BCUT2D eigenvalue weighted by Crippen LogP contribution is -2.26. The molecule has 0 saturated carbocycles. The molecule has 1 aromatic carbocycles. The molecule has 0 aliphatic carbocycles. The molecule has 0 aliphatic heterocycles. The number of carbonyl (C=O) groups is 2. The number of aromatic nitrogens is 2. The highest BCUT2D eigenvalue weighted by molar-refractivity contribution is 7.20. The molecule has 0 saturated heterocycles. The van der Waals surface area contributed by atoms with Crippen molar-refractivity contribution >= 4 is 33.5 Å². The molecule has 3 aromatic rings. The van der Waals surface area contributed by atoms with Gasteiger partial charge in [0.25, 0.3) is 5.56 Å². The van der Waals surface area contributed by atoms with Crippen molar-refractivity contribution in [1.82, 2.24) is 9.55 Å². The summed E-state index contributed by atoms with van der Waals surface area (Å²) in [7, 11) is 0. The molecule has 0 fully saturated rings. The van der Waals surface area contributed by atoms with Crippen LogP contribution in [0.5, 0.6) is 0 Å².